The average molecular weight is 208 g/mol. The number of carbonyl (C=O) groups excluding carboxylic acids is 1. The van der Waals surface area contributed by atoms with Crippen LogP contribution in [0.25, 0.3) is 0 Å². The summed E-state index contributed by atoms with van der Waals surface area (Å²) in [6, 6.07) is 8.33. The van der Waals surface area contributed by atoms with Crippen molar-refractivity contribution in [2.24, 2.45) is 0 Å². The lowest BCUT2D eigenvalue weighted by Crippen LogP contribution is -2.21. The predicted octanol–water partition coefficient (Wildman–Crippen LogP) is 1.10. The van der Waals surface area contributed by atoms with Gasteiger partial charge in [0.2, 0.25) is 0 Å². The minimum atomic E-state index is -1.23. The molecule has 4 nitrogen and oxygen atoms in total. The van der Waals surface area contributed by atoms with Gasteiger partial charge in [0.25, 0.3) is 0 Å². The molecular weight excluding hydrogens is 196 g/mol. The number of rotatable bonds is 5. The summed E-state index contributed by atoms with van der Waals surface area (Å²) in [5, 5.41) is 17.8. The van der Waals surface area contributed by atoms with Gasteiger partial charge in [-0.25, -0.2) is 0 Å². The van der Waals surface area contributed by atoms with Crippen molar-refractivity contribution in [1.82, 2.24) is 0 Å². The van der Waals surface area contributed by atoms with E-state index in [1.165, 1.54) is 0 Å². The summed E-state index contributed by atoms with van der Waals surface area (Å²) in [7, 11) is 0. The second-order valence-corrected chi connectivity index (χ2v) is 3.18. The highest BCUT2D eigenvalue weighted by Gasteiger charge is 2.17. The zero-order valence-electron chi connectivity index (χ0n) is 8.09. The predicted molar refractivity (Wildman–Crippen MR) is 53.6 cm³/mol. The van der Waals surface area contributed by atoms with Gasteiger partial charge in [0, 0.05) is 12.0 Å². The standard InChI is InChI=1S/C11H12O4/c12-9(6-7-10(13)14)11(15)8-4-2-1-3-5-8/h1-5,9,12H,6-7H2,(H,13,14). The first-order valence-corrected chi connectivity index (χ1v) is 4.60. The van der Waals surface area contributed by atoms with Crippen molar-refractivity contribution >= 4 is 11.8 Å². The fourth-order valence-corrected chi connectivity index (χ4v) is 1.19. The lowest BCUT2D eigenvalue weighted by Gasteiger charge is -2.07. The third kappa shape index (κ3) is 3.52. The van der Waals surface area contributed by atoms with Gasteiger partial charge in [0.15, 0.2) is 5.78 Å². The van der Waals surface area contributed by atoms with Crippen LogP contribution in [0.3, 0.4) is 0 Å². The normalized spacial score (nSPS) is 12.1. The molecular formula is C11H12O4. The summed E-state index contributed by atoms with van der Waals surface area (Å²) in [4.78, 5) is 21.8. The first kappa shape index (κ1) is 11.4. The van der Waals surface area contributed by atoms with Gasteiger partial charge >= 0.3 is 5.97 Å². The maximum absolute atomic E-state index is 11.5. The third-order valence-electron chi connectivity index (χ3n) is 1.99. The zero-order valence-corrected chi connectivity index (χ0v) is 8.09. The fraction of sp³-hybridized carbons (Fsp3) is 0.273. The molecule has 0 saturated heterocycles. The van der Waals surface area contributed by atoms with E-state index in [1.807, 2.05) is 0 Å². The van der Waals surface area contributed by atoms with Gasteiger partial charge in [-0.15, -0.1) is 0 Å². The van der Waals surface area contributed by atoms with Crippen LogP contribution in [0.2, 0.25) is 0 Å². The molecule has 1 unspecified atom stereocenters. The number of aliphatic carboxylic acids is 1. The molecule has 0 heterocycles. The number of Topliss-reactive ketones (excluding diaryl/α,β-unsaturated/α-hetero) is 1. The van der Waals surface area contributed by atoms with Crippen LogP contribution in [0, 0.1) is 0 Å². The van der Waals surface area contributed by atoms with Crippen LogP contribution in [0.4, 0.5) is 0 Å². The number of carboxylic acids is 1. The lowest BCUT2D eigenvalue weighted by molar-refractivity contribution is -0.137. The number of hydrogen-bond acceptors (Lipinski definition) is 3. The molecule has 0 aliphatic carbocycles. The first-order valence-electron chi connectivity index (χ1n) is 4.60. The number of ketones is 1. The van der Waals surface area contributed by atoms with Gasteiger partial charge in [-0.1, -0.05) is 30.3 Å². The van der Waals surface area contributed by atoms with E-state index in [9.17, 15) is 14.7 Å². The molecule has 0 aliphatic rings. The van der Waals surface area contributed by atoms with Gasteiger partial charge < -0.3 is 10.2 Å². The second kappa shape index (κ2) is 5.26. The molecule has 0 bridgehead atoms. The largest absolute Gasteiger partial charge is 0.481 e. The Labute approximate surface area is 87.2 Å². The molecule has 4 heteroatoms. The van der Waals surface area contributed by atoms with Crippen molar-refractivity contribution in [2.45, 2.75) is 18.9 Å². The summed E-state index contributed by atoms with van der Waals surface area (Å²) in [5.74, 6) is -1.45. The Bertz CT molecular complexity index is 345. The average Bonchev–Trinajstić information content (AvgIpc) is 2.26. The van der Waals surface area contributed by atoms with Crippen molar-refractivity contribution in [3.8, 4) is 0 Å². The van der Waals surface area contributed by atoms with Crippen LogP contribution in [-0.4, -0.2) is 28.1 Å². The minimum absolute atomic E-state index is 0.0525. The van der Waals surface area contributed by atoms with Gasteiger partial charge in [-0.2, -0.15) is 0 Å². The highest BCUT2D eigenvalue weighted by molar-refractivity contribution is 5.99. The van der Waals surface area contributed by atoms with Crippen molar-refractivity contribution in [1.29, 1.82) is 0 Å². The third-order valence-corrected chi connectivity index (χ3v) is 1.99. The van der Waals surface area contributed by atoms with Crippen molar-refractivity contribution in [3.05, 3.63) is 35.9 Å². The Balaban J connectivity index is 2.57. The molecule has 1 aromatic rings. The molecule has 0 spiro atoms. The van der Waals surface area contributed by atoms with E-state index >= 15 is 0 Å². The molecule has 0 amide bonds. The second-order valence-electron chi connectivity index (χ2n) is 3.18. The van der Waals surface area contributed by atoms with E-state index in [0.717, 1.165) is 0 Å². The van der Waals surface area contributed by atoms with Gasteiger partial charge in [0.1, 0.15) is 6.10 Å². The van der Waals surface area contributed by atoms with Crippen LogP contribution in [0.15, 0.2) is 30.3 Å². The highest BCUT2D eigenvalue weighted by Crippen LogP contribution is 2.07. The van der Waals surface area contributed by atoms with E-state index in [1.54, 1.807) is 30.3 Å². The Kier molecular flexibility index (Phi) is 4.00. The lowest BCUT2D eigenvalue weighted by atomic mass is 10.0. The summed E-state index contributed by atoms with van der Waals surface area (Å²) in [6.45, 7) is 0. The maximum atomic E-state index is 11.5. The van der Waals surface area contributed by atoms with E-state index in [0.29, 0.717) is 5.56 Å². The van der Waals surface area contributed by atoms with E-state index in [4.69, 9.17) is 5.11 Å². The first-order chi connectivity index (χ1) is 7.11. The number of carbonyl (C=O) groups is 2. The molecule has 0 saturated carbocycles. The number of hydrogen-bond donors (Lipinski definition) is 2. The summed E-state index contributed by atoms with van der Waals surface area (Å²) in [5.41, 5.74) is 0.399. The number of carboxylic acid groups (broad SMARTS) is 1. The molecule has 1 atom stereocenters. The van der Waals surface area contributed by atoms with E-state index < -0.39 is 17.9 Å². The van der Waals surface area contributed by atoms with Crippen molar-refractivity contribution < 1.29 is 19.8 Å². The topological polar surface area (TPSA) is 74.6 Å². The molecule has 0 aliphatic heterocycles. The zero-order chi connectivity index (χ0) is 11.3. The molecule has 15 heavy (non-hydrogen) atoms. The molecule has 2 N–H and O–H groups in total. The van der Waals surface area contributed by atoms with Crippen LogP contribution < -0.4 is 0 Å². The molecule has 80 valence electrons. The SMILES string of the molecule is O=C(O)CCC(O)C(=O)c1ccccc1. The van der Waals surface area contributed by atoms with Crippen LogP contribution >= 0.6 is 0 Å². The summed E-state index contributed by atoms with van der Waals surface area (Å²) < 4.78 is 0. The number of benzene rings is 1. The van der Waals surface area contributed by atoms with Gasteiger partial charge in [-0.05, 0) is 6.42 Å². The molecule has 1 aromatic carbocycles. The molecule has 0 fully saturated rings. The van der Waals surface area contributed by atoms with Crippen LogP contribution in [0.5, 0.6) is 0 Å². The Morgan fingerprint density at radius 2 is 1.80 bits per heavy atom. The number of aliphatic hydroxyl groups excluding tert-OH is 1. The quantitative estimate of drug-likeness (QED) is 0.710. The Morgan fingerprint density at radius 1 is 1.20 bits per heavy atom. The van der Waals surface area contributed by atoms with Crippen molar-refractivity contribution in [2.75, 3.05) is 0 Å². The monoisotopic (exact) mass is 208 g/mol. The van der Waals surface area contributed by atoms with E-state index in [-0.39, 0.29) is 12.8 Å². The van der Waals surface area contributed by atoms with Crippen LogP contribution in [0.1, 0.15) is 23.2 Å². The molecule has 0 radical (unpaired) electrons. The summed E-state index contributed by atoms with van der Waals surface area (Å²) >= 11 is 0. The highest BCUT2D eigenvalue weighted by atomic mass is 16.4. The van der Waals surface area contributed by atoms with Crippen molar-refractivity contribution in [3.63, 3.8) is 0 Å². The van der Waals surface area contributed by atoms with Gasteiger partial charge in [0.05, 0.1) is 0 Å². The molecule has 1 rings (SSSR count). The molecule has 0 aromatic heterocycles. The maximum Gasteiger partial charge on any atom is 0.303 e. The van der Waals surface area contributed by atoms with Gasteiger partial charge in [-0.3, -0.25) is 9.59 Å². The summed E-state index contributed by atoms with van der Waals surface area (Å²) in [6.07, 6.45) is -1.49. The number of aliphatic hydroxyl groups is 1. The van der Waals surface area contributed by atoms with Crippen LogP contribution in [-0.2, 0) is 4.79 Å². The fourth-order valence-electron chi connectivity index (χ4n) is 1.19. The minimum Gasteiger partial charge on any atom is -0.481 e. The van der Waals surface area contributed by atoms with E-state index in [2.05, 4.69) is 0 Å². The Morgan fingerprint density at radius 3 is 2.33 bits per heavy atom. The Hall–Kier alpha value is -1.68. The smallest absolute Gasteiger partial charge is 0.303 e.